The second kappa shape index (κ2) is 10.7. The summed E-state index contributed by atoms with van der Waals surface area (Å²) in [5, 5.41) is 12.3. The van der Waals surface area contributed by atoms with Crippen LogP contribution in [0.3, 0.4) is 0 Å². The predicted octanol–water partition coefficient (Wildman–Crippen LogP) is 5.55. The lowest BCUT2D eigenvalue weighted by atomic mass is 10.1. The van der Waals surface area contributed by atoms with Gasteiger partial charge in [-0.25, -0.2) is 4.98 Å². The molecule has 190 valence electrons. The first-order valence-corrected chi connectivity index (χ1v) is 13.2. The number of aromatic nitrogens is 3. The van der Waals surface area contributed by atoms with E-state index in [0.717, 1.165) is 40.0 Å². The first-order chi connectivity index (χ1) is 17.1. The van der Waals surface area contributed by atoms with E-state index in [4.69, 9.17) is 10.1 Å². The van der Waals surface area contributed by atoms with Crippen LogP contribution < -0.4 is 15.5 Å². The molecule has 0 aliphatic heterocycles. The third-order valence-electron chi connectivity index (χ3n) is 5.83. The highest BCUT2D eigenvalue weighted by atomic mass is 32.1. The number of hydrogen-bond acceptors (Lipinski definition) is 6. The van der Waals surface area contributed by atoms with E-state index in [-0.39, 0.29) is 24.0 Å². The number of carbonyl (C=O) groups is 1. The standard InChI is InChI=1S/C28H36N6OS/c1-19-12-16-22(17-13-19)24-25(31-28(3,4)5)34-26(30-24)36-27(32-34)33(6)18-23(35)29-20(2)14-15-21-10-8-7-9-11-21/h7-13,16-17,20,31H,14-15,18H2,1-6H3,(H,29,35)/t20-/m0/s1. The summed E-state index contributed by atoms with van der Waals surface area (Å²) in [7, 11) is 1.89. The van der Waals surface area contributed by atoms with Gasteiger partial charge in [0.25, 0.3) is 0 Å². The van der Waals surface area contributed by atoms with Crippen molar-refractivity contribution in [2.45, 2.75) is 59.0 Å². The smallest absolute Gasteiger partial charge is 0.239 e. The second-order valence-electron chi connectivity index (χ2n) is 10.5. The van der Waals surface area contributed by atoms with Crippen molar-refractivity contribution in [2.24, 2.45) is 0 Å². The Morgan fingerprint density at radius 1 is 1.11 bits per heavy atom. The summed E-state index contributed by atoms with van der Waals surface area (Å²) in [6, 6.07) is 18.8. The number of hydrogen-bond donors (Lipinski definition) is 2. The third kappa shape index (κ3) is 6.43. The van der Waals surface area contributed by atoms with Gasteiger partial charge in [0.05, 0.1) is 6.54 Å². The van der Waals surface area contributed by atoms with Gasteiger partial charge in [0.1, 0.15) is 5.69 Å². The van der Waals surface area contributed by atoms with Gasteiger partial charge in [0, 0.05) is 24.2 Å². The average molecular weight is 505 g/mol. The Balaban J connectivity index is 1.46. The molecule has 2 heterocycles. The van der Waals surface area contributed by atoms with Crippen LogP contribution in [0.2, 0.25) is 0 Å². The highest BCUT2D eigenvalue weighted by molar-refractivity contribution is 7.20. The molecule has 1 amide bonds. The van der Waals surface area contributed by atoms with E-state index in [1.165, 1.54) is 22.5 Å². The molecule has 0 saturated carbocycles. The topological polar surface area (TPSA) is 74.6 Å². The molecular weight excluding hydrogens is 468 g/mol. The summed E-state index contributed by atoms with van der Waals surface area (Å²) >= 11 is 1.48. The molecule has 4 rings (SSSR count). The van der Waals surface area contributed by atoms with Crippen molar-refractivity contribution in [1.82, 2.24) is 19.9 Å². The number of rotatable bonds is 9. The fraction of sp³-hybridized carbons (Fsp3) is 0.393. The summed E-state index contributed by atoms with van der Waals surface area (Å²) in [6.07, 6.45) is 1.84. The Bertz CT molecular complexity index is 1300. The van der Waals surface area contributed by atoms with Crippen LogP contribution in [0.25, 0.3) is 16.2 Å². The zero-order valence-electron chi connectivity index (χ0n) is 22.0. The molecule has 0 aliphatic rings. The summed E-state index contributed by atoms with van der Waals surface area (Å²) in [4.78, 5) is 20.3. The van der Waals surface area contributed by atoms with Crippen LogP contribution in [0, 0.1) is 6.92 Å². The Morgan fingerprint density at radius 3 is 2.47 bits per heavy atom. The van der Waals surface area contributed by atoms with Crippen molar-refractivity contribution in [2.75, 3.05) is 23.8 Å². The molecule has 2 aromatic carbocycles. The molecule has 0 unspecified atom stereocenters. The Labute approximate surface area is 217 Å². The fourth-order valence-electron chi connectivity index (χ4n) is 3.98. The maximum absolute atomic E-state index is 12.7. The summed E-state index contributed by atoms with van der Waals surface area (Å²) in [6.45, 7) is 10.7. The minimum Gasteiger partial charge on any atom is -0.364 e. The molecule has 0 saturated heterocycles. The van der Waals surface area contributed by atoms with Gasteiger partial charge in [-0.3, -0.25) is 4.79 Å². The van der Waals surface area contributed by atoms with Crippen molar-refractivity contribution in [1.29, 1.82) is 0 Å². The highest BCUT2D eigenvalue weighted by Crippen LogP contribution is 2.34. The Kier molecular flexibility index (Phi) is 7.64. The third-order valence-corrected chi connectivity index (χ3v) is 6.86. The van der Waals surface area contributed by atoms with Crippen molar-refractivity contribution < 1.29 is 4.79 Å². The maximum atomic E-state index is 12.7. The van der Waals surface area contributed by atoms with Gasteiger partial charge < -0.3 is 15.5 Å². The number of likely N-dealkylation sites (N-methyl/N-ethyl adjacent to an activating group) is 1. The molecule has 0 fully saturated rings. The number of imidazole rings is 1. The van der Waals surface area contributed by atoms with Crippen LogP contribution in [0.5, 0.6) is 0 Å². The quantitative estimate of drug-likeness (QED) is 0.313. The minimum atomic E-state index is -0.166. The molecule has 2 N–H and O–H groups in total. The number of carbonyl (C=O) groups excluding carboxylic acids is 1. The van der Waals surface area contributed by atoms with E-state index in [2.05, 4.69) is 81.7 Å². The number of nitrogens with zero attached hydrogens (tertiary/aromatic N) is 4. The molecular formula is C28H36N6OS. The number of amides is 1. The van der Waals surface area contributed by atoms with Gasteiger partial charge in [-0.15, -0.1) is 5.10 Å². The van der Waals surface area contributed by atoms with E-state index in [1.807, 2.05) is 34.7 Å². The van der Waals surface area contributed by atoms with Crippen LogP contribution in [-0.2, 0) is 11.2 Å². The molecule has 8 heteroatoms. The van der Waals surface area contributed by atoms with Crippen molar-refractivity contribution in [3.63, 3.8) is 0 Å². The molecule has 7 nitrogen and oxygen atoms in total. The number of nitrogens with one attached hydrogen (secondary N) is 2. The van der Waals surface area contributed by atoms with Crippen LogP contribution in [0.15, 0.2) is 54.6 Å². The van der Waals surface area contributed by atoms with E-state index < -0.39 is 0 Å². The van der Waals surface area contributed by atoms with E-state index in [1.54, 1.807) is 0 Å². The predicted molar refractivity (Wildman–Crippen MR) is 150 cm³/mol. The van der Waals surface area contributed by atoms with Gasteiger partial charge in [-0.1, -0.05) is 71.5 Å². The first-order valence-electron chi connectivity index (χ1n) is 12.4. The normalized spacial score (nSPS) is 12.5. The molecule has 4 aromatic rings. The molecule has 36 heavy (non-hydrogen) atoms. The van der Waals surface area contributed by atoms with E-state index in [9.17, 15) is 4.79 Å². The largest absolute Gasteiger partial charge is 0.364 e. The Morgan fingerprint density at radius 2 is 1.81 bits per heavy atom. The molecule has 0 radical (unpaired) electrons. The summed E-state index contributed by atoms with van der Waals surface area (Å²) < 4.78 is 1.86. The second-order valence-corrected chi connectivity index (χ2v) is 11.4. The average Bonchev–Trinajstić information content (AvgIpc) is 3.37. The monoisotopic (exact) mass is 504 g/mol. The summed E-state index contributed by atoms with van der Waals surface area (Å²) in [5.41, 5.74) is 4.25. The van der Waals surface area contributed by atoms with Crippen molar-refractivity contribution in [3.05, 3.63) is 65.7 Å². The number of aryl methyl sites for hydroxylation is 2. The lowest BCUT2D eigenvalue weighted by molar-refractivity contribution is -0.120. The zero-order valence-corrected chi connectivity index (χ0v) is 22.8. The molecule has 2 aromatic heterocycles. The maximum Gasteiger partial charge on any atom is 0.239 e. The number of benzene rings is 2. The van der Waals surface area contributed by atoms with Gasteiger partial charge in [0.15, 0.2) is 5.82 Å². The van der Waals surface area contributed by atoms with E-state index in [0.29, 0.717) is 0 Å². The van der Waals surface area contributed by atoms with Crippen LogP contribution in [-0.4, -0.2) is 45.7 Å². The van der Waals surface area contributed by atoms with Gasteiger partial charge >= 0.3 is 0 Å². The fourth-order valence-corrected chi connectivity index (χ4v) is 4.84. The van der Waals surface area contributed by atoms with Gasteiger partial charge in [0.2, 0.25) is 16.0 Å². The van der Waals surface area contributed by atoms with Crippen molar-refractivity contribution >= 4 is 33.2 Å². The van der Waals surface area contributed by atoms with Crippen LogP contribution in [0.4, 0.5) is 10.9 Å². The van der Waals surface area contributed by atoms with Gasteiger partial charge in [-0.05, 0) is 53.0 Å². The zero-order chi connectivity index (χ0) is 25.9. The first kappa shape index (κ1) is 25.7. The molecule has 0 aliphatic carbocycles. The molecule has 1 atom stereocenters. The molecule has 0 bridgehead atoms. The lowest BCUT2D eigenvalue weighted by Gasteiger charge is -2.22. The number of anilines is 2. The number of fused-ring (bicyclic) bond motifs is 1. The van der Waals surface area contributed by atoms with Crippen molar-refractivity contribution in [3.8, 4) is 11.3 Å². The van der Waals surface area contributed by atoms with Gasteiger partial charge in [-0.2, -0.15) is 4.52 Å². The van der Waals surface area contributed by atoms with Crippen LogP contribution in [0.1, 0.15) is 45.2 Å². The van der Waals surface area contributed by atoms with E-state index >= 15 is 0 Å². The minimum absolute atomic E-state index is 0.0145. The Hall–Kier alpha value is -3.39. The van der Waals surface area contributed by atoms with Crippen LogP contribution >= 0.6 is 11.3 Å². The lowest BCUT2D eigenvalue weighted by Crippen LogP contribution is -2.40. The molecule has 0 spiro atoms. The SMILES string of the molecule is Cc1ccc(-c2nc3sc(N(C)CC(=O)N[C@@H](C)CCc4ccccc4)nn3c2NC(C)(C)C)cc1. The summed E-state index contributed by atoms with van der Waals surface area (Å²) in [5.74, 6) is 0.843. The highest BCUT2D eigenvalue weighted by Gasteiger charge is 2.23.